The van der Waals surface area contributed by atoms with Crippen LogP contribution in [0.25, 0.3) is 0 Å². The Kier molecular flexibility index (Phi) is 6.40. The van der Waals surface area contributed by atoms with Gasteiger partial charge in [0.25, 0.3) is 11.6 Å². The summed E-state index contributed by atoms with van der Waals surface area (Å²) in [5.41, 5.74) is 0.542. The zero-order chi connectivity index (χ0) is 19.3. The molecule has 9 heteroatoms. The summed E-state index contributed by atoms with van der Waals surface area (Å²) in [4.78, 5) is 41.1. The van der Waals surface area contributed by atoms with Gasteiger partial charge in [0, 0.05) is 34.8 Å². The molecular formula is C17H20N4O4S. The molecule has 0 aliphatic rings. The minimum atomic E-state index is -0.519. The van der Waals surface area contributed by atoms with Crippen LogP contribution in [0.15, 0.2) is 29.8 Å². The van der Waals surface area contributed by atoms with Gasteiger partial charge in [-0.25, -0.2) is 4.98 Å². The number of nitrogens with zero attached hydrogens (tertiary/aromatic N) is 3. The van der Waals surface area contributed by atoms with Gasteiger partial charge < -0.3 is 10.2 Å². The molecule has 1 aromatic carbocycles. The van der Waals surface area contributed by atoms with Gasteiger partial charge in [-0.3, -0.25) is 19.7 Å². The summed E-state index contributed by atoms with van der Waals surface area (Å²) in [6, 6.07) is 4.13. The maximum atomic E-state index is 12.9. The molecule has 138 valence electrons. The van der Waals surface area contributed by atoms with E-state index in [9.17, 15) is 19.7 Å². The molecule has 8 nitrogen and oxygen atoms in total. The summed E-state index contributed by atoms with van der Waals surface area (Å²) in [5.74, 6) is -0.785. The summed E-state index contributed by atoms with van der Waals surface area (Å²) < 4.78 is 0. The molecule has 2 amide bonds. The van der Waals surface area contributed by atoms with Gasteiger partial charge in [-0.1, -0.05) is 13.0 Å². The van der Waals surface area contributed by atoms with Gasteiger partial charge in [0.2, 0.25) is 5.91 Å². The number of hydrogen-bond donors (Lipinski definition) is 1. The number of carbonyl (C=O) groups excluding carboxylic acids is 2. The van der Waals surface area contributed by atoms with E-state index in [-0.39, 0.29) is 29.7 Å². The van der Waals surface area contributed by atoms with E-state index in [2.05, 4.69) is 10.3 Å². The summed E-state index contributed by atoms with van der Waals surface area (Å²) in [7, 11) is 0. The lowest BCUT2D eigenvalue weighted by molar-refractivity contribution is -0.385. The highest BCUT2D eigenvalue weighted by Gasteiger charge is 2.25. The third-order valence-corrected chi connectivity index (χ3v) is 4.72. The molecule has 1 unspecified atom stereocenters. The van der Waals surface area contributed by atoms with E-state index >= 15 is 0 Å². The van der Waals surface area contributed by atoms with E-state index in [1.807, 2.05) is 13.8 Å². The van der Waals surface area contributed by atoms with Crippen molar-refractivity contribution in [1.82, 2.24) is 9.88 Å². The number of carbonyl (C=O) groups is 2. The fourth-order valence-corrected chi connectivity index (χ4v) is 2.90. The Morgan fingerprint density at radius 1 is 1.42 bits per heavy atom. The standard InChI is InChI=1S/C17H20N4O4S/c1-4-12(3)20(10-15(22)19-17-18-7-8-26-17)16(23)13-6-5-11(2)14(9-13)21(24)25/h5-9,12H,4,10H2,1-3H3,(H,18,19,22). The number of aromatic nitrogens is 1. The lowest BCUT2D eigenvalue weighted by Crippen LogP contribution is -2.43. The predicted molar refractivity (Wildman–Crippen MR) is 99.4 cm³/mol. The smallest absolute Gasteiger partial charge is 0.273 e. The Hall–Kier alpha value is -2.81. The molecule has 1 aromatic heterocycles. The van der Waals surface area contributed by atoms with Gasteiger partial charge in [0.05, 0.1) is 4.92 Å². The number of rotatable bonds is 7. The first-order chi connectivity index (χ1) is 12.3. The average Bonchev–Trinajstić information content (AvgIpc) is 3.11. The molecule has 1 heterocycles. The van der Waals surface area contributed by atoms with Crippen LogP contribution in [0.1, 0.15) is 36.2 Å². The van der Waals surface area contributed by atoms with Gasteiger partial charge in [-0.05, 0) is 26.3 Å². The van der Waals surface area contributed by atoms with E-state index in [4.69, 9.17) is 0 Å². The van der Waals surface area contributed by atoms with Crippen molar-refractivity contribution < 1.29 is 14.5 Å². The molecule has 1 N–H and O–H groups in total. The number of thiazole rings is 1. The van der Waals surface area contributed by atoms with Crippen molar-refractivity contribution in [2.24, 2.45) is 0 Å². The maximum absolute atomic E-state index is 12.9. The van der Waals surface area contributed by atoms with Crippen LogP contribution in [0.4, 0.5) is 10.8 Å². The van der Waals surface area contributed by atoms with E-state index in [1.165, 1.54) is 28.4 Å². The Morgan fingerprint density at radius 2 is 2.15 bits per heavy atom. The van der Waals surface area contributed by atoms with Crippen LogP contribution in [0, 0.1) is 17.0 Å². The molecule has 26 heavy (non-hydrogen) atoms. The number of amides is 2. The van der Waals surface area contributed by atoms with Gasteiger partial charge in [0.15, 0.2) is 5.13 Å². The topological polar surface area (TPSA) is 105 Å². The molecular weight excluding hydrogens is 356 g/mol. The molecule has 2 rings (SSSR count). The minimum Gasteiger partial charge on any atom is -0.327 e. The summed E-state index contributed by atoms with van der Waals surface area (Å²) in [6.07, 6.45) is 2.22. The van der Waals surface area contributed by atoms with Crippen LogP contribution in [0.3, 0.4) is 0 Å². The molecule has 0 saturated heterocycles. The van der Waals surface area contributed by atoms with E-state index in [0.29, 0.717) is 17.1 Å². The Morgan fingerprint density at radius 3 is 2.73 bits per heavy atom. The van der Waals surface area contributed by atoms with Gasteiger partial charge in [-0.2, -0.15) is 0 Å². The van der Waals surface area contributed by atoms with Crippen LogP contribution in [-0.2, 0) is 4.79 Å². The van der Waals surface area contributed by atoms with Crippen LogP contribution in [-0.4, -0.2) is 39.2 Å². The molecule has 1 atom stereocenters. The highest BCUT2D eigenvalue weighted by atomic mass is 32.1. The molecule has 0 fully saturated rings. The Bertz CT molecular complexity index is 807. The molecule has 2 aromatic rings. The van der Waals surface area contributed by atoms with Crippen molar-refractivity contribution in [3.63, 3.8) is 0 Å². The van der Waals surface area contributed by atoms with Crippen molar-refractivity contribution in [2.45, 2.75) is 33.2 Å². The quantitative estimate of drug-likeness (QED) is 0.590. The Labute approximate surface area is 155 Å². The lowest BCUT2D eigenvalue weighted by atomic mass is 10.1. The van der Waals surface area contributed by atoms with Crippen LogP contribution < -0.4 is 5.32 Å². The SMILES string of the molecule is CCC(C)N(CC(=O)Nc1nccs1)C(=O)c1ccc(C)c([N+](=O)[O-])c1. The number of nitro groups is 1. The van der Waals surface area contributed by atoms with Crippen LogP contribution >= 0.6 is 11.3 Å². The number of anilines is 1. The van der Waals surface area contributed by atoms with Crippen LogP contribution in [0.2, 0.25) is 0 Å². The fourth-order valence-electron chi connectivity index (χ4n) is 2.35. The summed E-state index contributed by atoms with van der Waals surface area (Å²) >= 11 is 1.28. The number of aryl methyl sites for hydroxylation is 1. The molecule has 0 spiro atoms. The first-order valence-corrected chi connectivity index (χ1v) is 8.96. The van der Waals surface area contributed by atoms with Crippen molar-refractivity contribution >= 4 is 34.0 Å². The normalized spacial score (nSPS) is 11.7. The zero-order valence-electron chi connectivity index (χ0n) is 14.8. The third-order valence-electron chi connectivity index (χ3n) is 4.03. The molecule has 0 aliphatic heterocycles. The monoisotopic (exact) mass is 376 g/mol. The van der Waals surface area contributed by atoms with E-state index < -0.39 is 10.8 Å². The fraction of sp³-hybridized carbons (Fsp3) is 0.353. The molecule has 0 saturated carbocycles. The summed E-state index contributed by atoms with van der Waals surface area (Å²) in [5, 5.41) is 16.0. The number of nitro benzene ring substituents is 1. The van der Waals surface area contributed by atoms with Gasteiger partial charge in [0.1, 0.15) is 6.54 Å². The number of benzene rings is 1. The van der Waals surface area contributed by atoms with Crippen molar-refractivity contribution in [2.75, 3.05) is 11.9 Å². The molecule has 0 radical (unpaired) electrons. The predicted octanol–water partition coefficient (Wildman–Crippen LogP) is 3.24. The Balaban J connectivity index is 2.23. The zero-order valence-corrected chi connectivity index (χ0v) is 15.6. The van der Waals surface area contributed by atoms with E-state index in [1.54, 1.807) is 24.6 Å². The highest BCUT2D eigenvalue weighted by molar-refractivity contribution is 7.13. The van der Waals surface area contributed by atoms with Crippen molar-refractivity contribution in [3.05, 3.63) is 51.0 Å². The number of hydrogen-bond acceptors (Lipinski definition) is 6. The third kappa shape index (κ3) is 4.63. The minimum absolute atomic E-state index is 0.118. The lowest BCUT2D eigenvalue weighted by Gasteiger charge is -2.28. The second-order valence-corrected chi connectivity index (χ2v) is 6.73. The largest absolute Gasteiger partial charge is 0.327 e. The molecule has 0 aliphatic carbocycles. The average molecular weight is 376 g/mol. The van der Waals surface area contributed by atoms with Gasteiger partial charge >= 0.3 is 0 Å². The summed E-state index contributed by atoms with van der Waals surface area (Å²) in [6.45, 7) is 5.19. The second kappa shape index (κ2) is 8.52. The van der Waals surface area contributed by atoms with E-state index in [0.717, 1.165) is 0 Å². The maximum Gasteiger partial charge on any atom is 0.273 e. The van der Waals surface area contributed by atoms with Crippen LogP contribution in [0.5, 0.6) is 0 Å². The highest BCUT2D eigenvalue weighted by Crippen LogP contribution is 2.21. The number of nitrogens with one attached hydrogen (secondary N) is 1. The van der Waals surface area contributed by atoms with Crippen molar-refractivity contribution in [3.8, 4) is 0 Å². The first kappa shape index (κ1) is 19.5. The molecule has 0 bridgehead atoms. The van der Waals surface area contributed by atoms with Crippen molar-refractivity contribution in [1.29, 1.82) is 0 Å². The first-order valence-electron chi connectivity index (χ1n) is 8.08. The van der Waals surface area contributed by atoms with Gasteiger partial charge in [-0.15, -0.1) is 11.3 Å². The second-order valence-electron chi connectivity index (χ2n) is 5.83.